The number of nitrogens with two attached hydrogens (primary N) is 1. The Labute approximate surface area is 222 Å². The number of unbranched alkanes of at least 4 members (excludes halogenated alkanes) is 1. The predicted molar refractivity (Wildman–Crippen MR) is 143 cm³/mol. The number of hydrogen-bond donors (Lipinski definition) is 2. The van der Waals surface area contributed by atoms with Crippen LogP contribution in [-0.2, 0) is 25.7 Å². The Kier molecular flexibility index (Phi) is 9.26. The van der Waals surface area contributed by atoms with Crippen molar-refractivity contribution in [1.82, 2.24) is 14.9 Å². The second kappa shape index (κ2) is 12.6. The quantitative estimate of drug-likeness (QED) is 0.290. The van der Waals surface area contributed by atoms with E-state index in [2.05, 4.69) is 10.3 Å². The molecule has 0 aliphatic heterocycles. The number of imidazole rings is 1. The number of alkyl halides is 3. The summed E-state index contributed by atoms with van der Waals surface area (Å²) < 4.78 is 45.0. The number of aromatic nitrogens is 2. The standard InChI is InChI=1S/C30H37F3N4O/c1-2-3-18-37-26(27(30(31,32)33)36-29(37)24-12-8-5-9-13-24)19-25(22-10-6-4-7-11-22)35-20-21-14-16-23(17-15-21)28(34)38/h5,8-9,12-17,22,25,35H,2-4,6-7,10-11,18-20H2,1H3,(H2,34,38). The minimum Gasteiger partial charge on any atom is -0.366 e. The molecule has 1 saturated carbocycles. The number of carbonyl (C=O) groups is 1. The summed E-state index contributed by atoms with van der Waals surface area (Å²) in [6.07, 6.45) is 2.69. The number of nitrogens with zero attached hydrogens (tertiary/aromatic N) is 2. The smallest absolute Gasteiger partial charge is 0.366 e. The van der Waals surface area contributed by atoms with E-state index < -0.39 is 17.8 Å². The number of primary amides is 1. The van der Waals surface area contributed by atoms with E-state index in [1.807, 2.05) is 49.4 Å². The van der Waals surface area contributed by atoms with Crippen LogP contribution in [0.25, 0.3) is 11.4 Å². The molecule has 4 rings (SSSR count). The summed E-state index contributed by atoms with van der Waals surface area (Å²) >= 11 is 0. The number of benzene rings is 2. The van der Waals surface area contributed by atoms with E-state index in [-0.39, 0.29) is 24.1 Å². The summed E-state index contributed by atoms with van der Waals surface area (Å²) in [5.41, 5.74) is 6.92. The molecule has 1 atom stereocenters. The average molecular weight is 527 g/mol. The van der Waals surface area contributed by atoms with Gasteiger partial charge < -0.3 is 15.6 Å². The molecule has 1 fully saturated rings. The number of amides is 1. The highest BCUT2D eigenvalue weighted by molar-refractivity contribution is 5.92. The van der Waals surface area contributed by atoms with Gasteiger partial charge in [0, 0.05) is 36.7 Å². The van der Waals surface area contributed by atoms with Gasteiger partial charge in [-0.05, 0) is 42.9 Å². The largest absolute Gasteiger partial charge is 0.435 e. The van der Waals surface area contributed by atoms with Gasteiger partial charge in [-0.1, -0.05) is 75.1 Å². The van der Waals surface area contributed by atoms with Gasteiger partial charge in [0.25, 0.3) is 0 Å². The lowest BCUT2D eigenvalue weighted by atomic mass is 9.82. The van der Waals surface area contributed by atoms with Crippen molar-refractivity contribution in [3.63, 3.8) is 0 Å². The van der Waals surface area contributed by atoms with E-state index in [1.54, 1.807) is 16.7 Å². The summed E-state index contributed by atoms with van der Waals surface area (Å²) in [5.74, 6) is 0.175. The molecular formula is C30H37F3N4O. The first-order chi connectivity index (χ1) is 18.3. The highest BCUT2D eigenvalue weighted by atomic mass is 19.4. The van der Waals surface area contributed by atoms with Crippen LogP contribution in [-0.4, -0.2) is 21.5 Å². The first-order valence-corrected chi connectivity index (χ1v) is 13.6. The van der Waals surface area contributed by atoms with E-state index in [4.69, 9.17) is 5.73 Å². The summed E-state index contributed by atoms with van der Waals surface area (Å²) in [4.78, 5) is 15.6. The van der Waals surface area contributed by atoms with Gasteiger partial charge in [0.1, 0.15) is 5.82 Å². The van der Waals surface area contributed by atoms with Crippen molar-refractivity contribution >= 4 is 5.91 Å². The summed E-state index contributed by atoms with van der Waals surface area (Å²) in [6.45, 7) is 3.03. The first kappa shape index (κ1) is 27.9. The maximum atomic E-state index is 14.4. The molecule has 1 unspecified atom stereocenters. The Bertz CT molecular complexity index is 1180. The molecule has 2 aromatic carbocycles. The van der Waals surface area contributed by atoms with Crippen molar-refractivity contribution in [2.75, 3.05) is 0 Å². The molecule has 1 aliphatic rings. The van der Waals surface area contributed by atoms with Gasteiger partial charge >= 0.3 is 6.18 Å². The van der Waals surface area contributed by atoms with Crippen LogP contribution in [0.5, 0.6) is 0 Å². The van der Waals surface area contributed by atoms with Crippen LogP contribution in [0, 0.1) is 5.92 Å². The molecule has 8 heteroatoms. The third kappa shape index (κ3) is 6.84. The molecule has 1 aliphatic carbocycles. The van der Waals surface area contributed by atoms with Crippen LogP contribution < -0.4 is 11.1 Å². The van der Waals surface area contributed by atoms with E-state index in [9.17, 15) is 18.0 Å². The summed E-state index contributed by atoms with van der Waals surface area (Å²) in [7, 11) is 0. The van der Waals surface area contributed by atoms with Crippen molar-refractivity contribution in [3.8, 4) is 11.4 Å². The number of hydrogen-bond acceptors (Lipinski definition) is 3. The first-order valence-electron chi connectivity index (χ1n) is 13.6. The maximum Gasteiger partial charge on any atom is 0.435 e. The SMILES string of the molecule is CCCCn1c(-c2ccccc2)nc(C(F)(F)F)c1CC(NCc1ccc(C(N)=O)cc1)C1CCCCC1. The predicted octanol–water partition coefficient (Wildman–Crippen LogP) is 6.75. The highest BCUT2D eigenvalue weighted by Crippen LogP contribution is 2.37. The van der Waals surface area contributed by atoms with E-state index in [1.165, 1.54) is 0 Å². The van der Waals surface area contributed by atoms with Crippen LogP contribution in [0.15, 0.2) is 54.6 Å². The number of halogens is 3. The van der Waals surface area contributed by atoms with Gasteiger partial charge in [-0.3, -0.25) is 4.79 Å². The lowest BCUT2D eigenvalue weighted by Gasteiger charge is -2.32. The summed E-state index contributed by atoms with van der Waals surface area (Å²) in [5, 5.41) is 3.59. The lowest BCUT2D eigenvalue weighted by Crippen LogP contribution is -2.39. The topological polar surface area (TPSA) is 72.9 Å². The second-order valence-corrected chi connectivity index (χ2v) is 10.3. The van der Waals surface area contributed by atoms with Crippen molar-refractivity contribution in [2.24, 2.45) is 11.7 Å². The van der Waals surface area contributed by atoms with Gasteiger partial charge in [0.2, 0.25) is 5.91 Å². The van der Waals surface area contributed by atoms with Gasteiger partial charge in [0.15, 0.2) is 5.69 Å². The van der Waals surface area contributed by atoms with Crippen molar-refractivity contribution in [2.45, 2.75) is 83.6 Å². The van der Waals surface area contributed by atoms with Crippen LogP contribution in [0.3, 0.4) is 0 Å². The molecule has 3 N–H and O–H groups in total. The van der Waals surface area contributed by atoms with Crippen molar-refractivity contribution in [3.05, 3.63) is 77.1 Å². The second-order valence-electron chi connectivity index (χ2n) is 10.3. The molecule has 5 nitrogen and oxygen atoms in total. The molecule has 1 aromatic heterocycles. The number of nitrogens with one attached hydrogen (secondary N) is 1. The molecule has 204 valence electrons. The maximum absolute atomic E-state index is 14.4. The van der Waals surface area contributed by atoms with Crippen molar-refractivity contribution in [1.29, 1.82) is 0 Å². The molecule has 3 aromatic rings. The molecular weight excluding hydrogens is 489 g/mol. The highest BCUT2D eigenvalue weighted by Gasteiger charge is 2.40. The normalized spacial score (nSPS) is 15.5. The van der Waals surface area contributed by atoms with E-state index >= 15 is 0 Å². The van der Waals surface area contributed by atoms with Gasteiger partial charge in [0.05, 0.1) is 5.69 Å². The van der Waals surface area contributed by atoms with Gasteiger partial charge in [-0.25, -0.2) is 4.98 Å². The Morgan fingerprint density at radius 1 is 1.08 bits per heavy atom. The molecule has 38 heavy (non-hydrogen) atoms. The zero-order chi connectivity index (χ0) is 27.1. The lowest BCUT2D eigenvalue weighted by molar-refractivity contribution is -0.141. The minimum absolute atomic E-state index is 0.132. The molecule has 1 amide bonds. The van der Waals surface area contributed by atoms with Crippen LogP contribution in [0.2, 0.25) is 0 Å². The molecule has 0 spiro atoms. The van der Waals surface area contributed by atoms with Gasteiger partial charge in [-0.2, -0.15) is 13.2 Å². The molecule has 1 heterocycles. The van der Waals surface area contributed by atoms with E-state index in [0.29, 0.717) is 30.0 Å². The molecule has 0 saturated heterocycles. The number of rotatable bonds is 11. The van der Waals surface area contributed by atoms with Gasteiger partial charge in [-0.15, -0.1) is 0 Å². The Morgan fingerprint density at radius 3 is 2.37 bits per heavy atom. The van der Waals surface area contributed by atoms with Crippen molar-refractivity contribution < 1.29 is 18.0 Å². The fraction of sp³-hybridized carbons (Fsp3) is 0.467. The van der Waals surface area contributed by atoms with Crippen LogP contribution in [0.4, 0.5) is 13.2 Å². The molecule has 0 radical (unpaired) electrons. The monoisotopic (exact) mass is 526 g/mol. The summed E-state index contributed by atoms with van der Waals surface area (Å²) in [6, 6.07) is 16.1. The fourth-order valence-electron chi connectivity index (χ4n) is 5.47. The Morgan fingerprint density at radius 2 is 1.76 bits per heavy atom. The minimum atomic E-state index is -4.54. The zero-order valence-electron chi connectivity index (χ0n) is 21.9. The van der Waals surface area contributed by atoms with Crippen LogP contribution in [0.1, 0.15) is 79.2 Å². The Balaban J connectivity index is 1.69. The van der Waals surface area contributed by atoms with Crippen LogP contribution >= 0.6 is 0 Å². The third-order valence-electron chi connectivity index (χ3n) is 7.55. The average Bonchev–Trinajstić information content (AvgIpc) is 3.29. The Hall–Kier alpha value is -3.13. The molecule has 0 bridgehead atoms. The fourth-order valence-corrected chi connectivity index (χ4v) is 5.47. The zero-order valence-corrected chi connectivity index (χ0v) is 21.9. The number of carbonyl (C=O) groups excluding carboxylic acids is 1. The van der Waals surface area contributed by atoms with E-state index in [0.717, 1.165) is 50.5 Å². The third-order valence-corrected chi connectivity index (χ3v) is 7.55.